The zero-order valence-corrected chi connectivity index (χ0v) is 18.9. The van der Waals surface area contributed by atoms with Gasteiger partial charge in [-0.25, -0.2) is 18.4 Å². The molecule has 0 saturated carbocycles. The van der Waals surface area contributed by atoms with Crippen molar-refractivity contribution in [2.24, 2.45) is 5.92 Å². The van der Waals surface area contributed by atoms with Gasteiger partial charge in [-0.3, -0.25) is 0 Å². The number of carbonyl (C=O) groups is 2. The zero-order valence-electron chi connectivity index (χ0n) is 18.2. The number of likely N-dealkylation sites (tertiary alicyclic amines) is 1. The number of ether oxygens (including phenoxy) is 3. The number of carbonyl (C=O) groups excluding carboxylic acids is 2. The number of nitrogens with zero attached hydrogens (tertiary/aromatic N) is 1. The van der Waals surface area contributed by atoms with Crippen LogP contribution in [0.1, 0.15) is 45.3 Å². The summed E-state index contributed by atoms with van der Waals surface area (Å²) in [6, 6.07) is 2.37. The van der Waals surface area contributed by atoms with Gasteiger partial charge in [-0.05, 0) is 39.7 Å². The van der Waals surface area contributed by atoms with E-state index >= 15 is 0 Å². The van der Waals surface area contributed by atoms with Crippen LogP contribution in [0, 0.1) is 17.6 Å². The molecule has 1 aromatic rings. The number of methoxy groups -OCH3 is 1. The number of hydrogen-bond donors (Lipinski definition) is 1. The van der Waals surface area contributed by atoms with E-state index in [1.165, 1.54) is 13.2 Å². The Hall–Kier alpha value is -2.13. The van der Waals surface area contributed by atoms with Crippen molar-refractivity contribution in [1.29, 1.82) is 0 Å². The summed E-state index contributed by atoms with van der Waals surface area (Å²) in [5, 5.41) is 1.87. The second-order valence-electron chi connectivity index (χ2n) is 8.30. The number of piperidine rings is 1. The summed E-state index contributed by atoms with van der Waals surface area (Å²) in [5.74, 6) is -2.05. The molecular weight excluding hydrogens is 434 g/mol. The van der Waals surface area contributed by atoms with Crippen LogP contribution >= 0.6 is 11.6 Å². The Labute approximate surface area is 186 Å². The highest BCUT2D eigenvalue weighted by Gasteiger charge is 2.35. The zero-order chi connectivity index (χ0) is 23.2. The summed E-state index contributed by atoms with van der Waals surface area (Å²) in [7, 11) is 1.24. The first-order chi connectivity index (χ1) is 14.5. The molecule has 1 aliphatic rings. The van der Waals surface area contributed by atoms with Crippen LogP contribution in [0.3, 0.4) is 0 Å². The highest BCUT2D eigenvalue weighted by Crippen LogP contribution is 2.37. The lowest BCUT2D eigenvalue weighted by atomic mass is 9.88. The molecule has 1 aromatic carbocycles. The molecule has 1 heterocycles. The number of amides is 2. The van der Waals surface area contributed by atoms with Gasteiger partial charge in [0, 0.05) is 31.1 Å². The molecule has 0 aliphatic carbocycles. The molecule has 7 nitrogen and oxygen atoms in total. The predicted molar refractivity (Wildman–Crippen MR) is 111 cm³/mol. The maximum absolute atomic E-state index is 14.8. The summed E-state index contributed by atoms with van der Waals surface area (Å²) in [5.41, 5.74) is -0.545. The van der Waals surface area contributed by atoms with Crippen molar-refractivity contribution in [3.8, 4) is 0 Å². The fourth-order valence-corrected chi connectivity index (χ4v) is 3.57. The second-order valence-corrected chi connectivity index (χ2v) is 8.68. The predicted octanol–water partition coefficient (Wildman–Crippen LogP) is 4.68. The van der Waals surface area contributed by atoms with Crippen molar-refractivity contribution < 1.29 is 32.6 Å². The van der Waals surface area contributed by atoms with Crippen molar-refractivity contribution in [1.82, 2.24) is 10.2 Å². The van der Waals surface area contributed by atoms with Gasteiger partial charge in [-0.2, -0.15) is 0 Å². The molecule has 0 bridgehead atoms. The summed E-state index contributed by atoms with van der Waals surface area (Å²) in [6.45, 7) is 6.31. The number of alkyl carbamates (subject to hydrolysis) is 1. The normalized spacial score (nSPS) is 17.8. The van der Waals surface area contributed by atoms with Crippen LogP contribution in [-0.2, 0) is 14.2 Å². The van der Waals surface area contributed by atoms with Gasteiger partial charge in [0.15, 0.2) is 5.82 Å². The number of nitrogens with one attached hydrogen (secondary N) is 1. The number of halogens is 3. The van der Waals surface area contributed by atoms with Crippen LogP contribution in [0.15, 0.2) is 12.1 Å². The molecule has 1 saturated heterocycles. The monoisotopic (exact) mass is 462 g/mol. The molecule has 0 spiro atoms. The molecule has 0 aromatic heterocycles. The Kier molecular flexibility index (Phi) is 8.88. The Morgan fingerprint density at radius 1 is 1.32 bits per heavy atom. The fraction of sp³-hybridized carbons (Fsp3) is 0.619. The minimum absolute atomic E-state index is 0.0527. The van der Waals surface area contributed by atoms with Gasteiger partial charge in [0.25, 0.3) is 0 Å². The number of hydrogen-bond acceptors (Lipinski definition) is 5. The molecule has 0 radical (unpaired) electrons. The highest BCUT2D eigenvalue weighted by atomic mass is 35.5. The minimum Gasteiger partial charge on any atom is -0.453 e. The largest absolute Gasteiger partial charge is 0.453 e. The Balaban J connectivity index is 2.20. The topological polar surface area (TPSA) is 77.1 Å². The molecular formula is C21H29ClF2N2O5. The van der Waals surface area contributed by atoms with Crippen LogP contribution in [0.4, 0.5) is 18.4 Å². The van der Waals surface area contributed by atoms with Crippen molar-refractivity contribution in [2.75, 3.05) is 33.4 Å². The third-order valence-electron chi connectivity index (χ3n) is 4.76. The summed E-state index contributed by atoms with van der Waals surface area (Å²) in [6.07, 6.45) is -0.558. The first-order valence-corrected chi connectivity index (χ1v) is 10.5. The van der Waals surface area contributed by atoms with Gasteiger partial charge in [-0.1, -0.05) is 17.7 Å². The van der Waals surface area contributed by atoms with Gasteiger partial charge >= 0.3 is 12.2 Å². The molecule has 10 heteroatoms. The van der Waals surface area contributed by atoms with E-state index in [1.807, 2.05) is 0 Å². The van der Waals surface area contributed by atoms with E-state index in [-0.39, 0.29) is 31.2 Å². The first-order valence-electron chi connectivity index (χ1n) is 10.1. The van der Waals surface area contributed by atoms with Crippen LogP contribution in [-0.4, -0.2) is 56.0 Å². The van der Waals surface area contributed by atoms with Gasteiger partial charge in [0.1, 0.15) is 16.4 Å². The highest BCUT2D eigenvalue weighted by molar-refractivity contribution is 6.30. The summed E-state index contributed by atoms with van der Waals surface area (Å²) < 4.78 is 44.3. The first kappa shape index (κ1) is 25.1. The number of rotatable bonds is 6. The van der Waals surface area contributed by atoms with Gasteiger partial charge < -0.3 is 24.4 Å². The smallest absolute Gasteiger partial charge is 0.410 e. The molecule has 1 unspecified atom stereocenters. The van der Waals surface area contributed by atoms with Gasteiger partial charge in [-0.15, -0.1) is 0 Å². The van der Waals surface area contributed by atoms with E-state index < -0.39 is 40.5 Å². The molecule has 1 N–H and O–H groups in total. The average molecular weight is 463 g/mol. The lowest BCUT2D eigenvalue weighted by Crippen LogP contribution is -2.44. The van der Waals surface area contributed by atoms with E-state index in [2.05, 4.69) is 10.1 Å². The third-order valence-corrected chi connectivity index (χ3v) is 5.11. The third kappa shape index (κ3) is 7.21. The molecule has 1 aliphatic heterocycles. The second kappa shape index (κ2) is 10.9. The molecule has 1 fully saturated rings. The van der Waals surface area contributed by atoms with E-state index in [9.17, 15) is 18.4 Å². The maximum atomic E-state index is 14.8. The van der Waals surface area contributed by atoms with Gasteiger partial charge in [0.2, 0.25) is 0 Å². The van der Waals surface area contributed by atoms with E-state index in [1.54, 1.807) is 25.7 Å². The van der Waals surface area contributed by atoms with Crippen molar-refractivity contribution in [3.05, 3.63) is 34.4 Å². The van der Waals surface area contributed by atoms with Gasteiger partial charge in [0.05, 0.1) is 19.8 Å². The average Bonchev–Trinajstić information content (AvgIpc) is 2.71. The molecule has 174 valence electrons. The summed E-state index contributed by atoms with van der Waals surface area (Å²) in [4.78, 5) is 25.3. The lowest BCUT2D eigenvalue weighted by molar-refractivity contribution is -0.0258. The minimum atomic E-state index is -0.901. The lowest BCUT2D eigenvalue weighted by Gasteiger charge is -2.37. The quantitative estimate of drug-likeness (QED) is 0.490. The van der Waals surface area contributed by atoms with Crippen molar-refractivity contribution in [3.63, 3.8) is 0 Å². The van der Waals surface area contributed by atoms with E-state index in [0.717, 1.165) is 6.07 Å². The summed E-state index contributed by atoms with van der Waals surface area (Å²) >= 11 is 5.78. The van der Waals surface area contributed by atoms with Crippen molar-refractivity contribution >= 4 is 23.8 Å². The van der Waals surface area contributed by atoms with Crippen LogP contribution in [0.25, 0.3) is 0 Å². The Bertz CT molecular complexity index is 788. The van der Waals surface area contributed by atoms with Crippen LogP contribution < -0.4 is 5.32 Å². The molecule has 2 amide bonds. The molecule has 31 heavy (non-hydrogen) atoms. The van der Waals surface area contributed by atoms with Crippen LogP contribution in [0.5, 0.6) is 0 Å². The maximum Gasteiger partial charge on any atom is 0.410 e. The fourth-order valence-electron chi connectivity index (χ4n) is 3.40. The van der Waals surface area contributed by atoms with Crippen LogP contribution in [0.2, 0.25) is 5.02 Å². The Morgan fingerprint density at radius 2 is 2.03 bits per heavy atom. The standard InChI is InChI=1S/C21H29ClF2N2O5/c1-21(2,3)31-20(28)26-10-5-6-13(12-26)18(30-11-9-25-19(27)29-4)14-7-8-15(23)16(22)17(14)24/h7-8,13,18H,5-6,9-12H2,1-4H3,(H,25,27)/t13?,18-/m1/s1. The molecule has 2 rings (SSSR count). The van der Waals surface area contributed by atoms with E-state index in [4.69, 9.17) is 21.1 Å². The Morgan fingerprint density at radius 3 is 2.68 bits per heavy atom. The molecule has 2 atom stereocenters. The van der Waals surface area contributed by atoms with E-state index in [0.29, 0.717) is 19.4 Å². The van der Waals surface area contributed by atoms with Crippen molar-refractivity contribution in [2.45, 2.75) is 45.3 Å². The number of benzene rings is 1. The SMILES string of the molecule is COC(=O)NCCO[C@@H](c1ccc(F)c(Cl)c1F)C1CCCN(C(=O)OC(C)(C)C)C1.